The maximum absolute atomic E-state index is 13.0. The number of nitrogens with zero attached hydrogens (tertiary/aromatic N) is 1. The van der Waals surface area contributed by atoms with Gasteiger partial charge in [-0.15, -0.1) is 11.3 Å². The van der Waals surface area contributed by atoms with Crippen LogP contribution < -0.4 is 10.2 Å². The van der Waals surface area contributed by atoms with Crippen LogP contribution in [0.15, 0.2) is 45.9 Å². The van der Waals surface area contributed by atoms with Crippen LogP contribution in [0.1, 0.15) is 4.88 Å². The quantitative estimate of drug-likeness (QED) is 0.631. The molecule has 3 rings (SSSR count). The van der Waals surface area contributed by atoms with Crippen molar-refractivity contribution in [1.82, 2.24) is 5.32 Å². The van der Waals surface area contributed by atoms with Crippen molar-refractivity contribution in [2.45, 2.75) is 0 Å². The van der Waals surface area contributed by atoms with Crippen LogP contribution in [-0.4, -0.2) is 11.0 Å². The van der Waals surface area contributed by atoms with E-state index in [0.717, 1.165) is 9.35 Å². The average molecular weight is 383 g/mol. The molecule has 1 amide bonds. The second-order valence-electron chi connectivity index (χ2n) is 4.27. The Labute approximate surface area is 138 Å². The summed E-state index contributed by atoms with van der Waals surface area (Å²) in [6, 6.07) is 7.54. The fourth-order valence-electron chi connectivity index (χ4n) is 1.91. The van der Waals surface area contributed by atoms with E-state index in [1.54, 1.807) is 6.08 Å². The van der Waals surface area contributed by atoms with E-state index in [0.29, 0.717) is 11.4 Å². The monoisotopic (exact) mass is 382 g/mol. The summed E-state index contributed by atoms with van der Waals surface area (Å²) in [7, 11) is 0. The van der Waals surface area contributed by atoms with Crippen molar-refractivity contribution in [1.29, 1.82) is 0 Å². The number of amides is 1. The molecule has 0 atom stereocenters. The molecule has 2 aromatic rings. The van der Waals surface area contributed by atoms with Crippen LogP contribution in [0, 0.1) is 5.82 Å². The number of carbonyl (C=O) groups is 1. The molecule has 1 fully saturated rings. The highest BCUT2D eigenvalue weighted by atomic mass is 79.9. The molecule has 7 heteroatoms. The fourth-order valence-corrected chi connectivity index (χ4v) is 3.58. The molecule has 0 aliphatic carbocycles. The van der Waals surface area contributed by atoms with Crippen molar-refractivity contribution >= 4 is 62.3 Å². The molecule has 2 heterocycles. The molecule has 0 unspecified atom stereocenters. The van der Waals surface area contributed by atoms with Gasteiger partial charge >= 0.3 is 0 Å². The molecule has 106 valence electrons. The molecule has 1 aliphatic rings. The highest BCUT2D eigenvalue weighted by molar-refractivity contribution is 9.10. The average Bonchev–Trinajstić information content (AvgIpc) is 2.96. The van der Waals surface area contributed by atoms with Crippen LogP contribution in [0.3, 0.4) is 0 Å². The summed E-state index contributed by atoms with van der Waals surface area (Å²) in [5, 5.41) is 5.11. The van der Waals surface area contributed by atoms with Crippen LogP contribution in [0.4, 0.5) is 10.1 Å². The molecule has 0 spiro atoms. The minimum Gasteiger partial charge on any atom is -0.327 e. The largest absolute Gasteiger partial charge is 0.327 e. The van der Waals surface area contributed by atoms with Gasteiger partial charge < -0.3 is 5.32 Å². The Balaban J connectivity index is 1.92. The number of carbonyl (C=O) groups excluding carboxylic acids is 1. The summed E-state index contributed by atoms with van der Waals surface area (Å²) in [6.45, 7) is 0. The van der Waals surface area contributed by atoms with E-state index in [1.807, 2.05) is 11.4 Å². The van der Waals surface area contributed by atoms with Crippen LogP contribution >= 0.6 is 39.5 Å². The van der Waals surface area contributed by atoms with Gasteiger partial charge in [-0.1, -0.05) is 0 Å². The number of anilines is 1. The van der Waals surface area contributed by atoms with Crippen molar-refractivity contribution < 1.29 is 9.18 Å². The minimum absolute atomic E-state index is 0.254. The van der Waals surface area contributed by atoms with E-state index in [1.165, 1.54) is 40.5 Å². The van der Waals surface area contributed by atoms with Gasteiger partial charge in [-0.3, -0.25) is 9.69 Å². The molecule has 0 saturated carbocycles. The minimum atomic E-state index is -0.358. The number of thiocarbonyl (C=S) groups is 1. The Bertz CT molecular complexity index is 755. The first-order valence-electron chi connectivity index (χ1n) is 5.91. The third kappa shape index (κ3) is 2.90. The van der Waals surface area contributed by atoms with Gasteiger partial charge in [0.25, 0.3) is 5.91 Å². The summed E-state index contributed by atoms with van der Waals surface area (Å²) in [4.78, 5) is 14.7. The number of nitrogens with one attached hydrogen (secondary N) is 1. The predicted molar refractivity (Wildman–Crippen MR) is 89.6 cm³/mol. The van der Waals surface area contributed by atoms with Crippen molar-refractivity contribution in [3.8, 4) is 0 Å². The topological polar surface area (TPSA) is 32.3 Å². The highest BCUT2D eigenvalue weighted by Gasteiger charge is 2.31. The van der Waals surface area contributed by atoms with Crippen molar-refractivity contribution in [2.24, 2.45) is 0 Å². The Kier molecular flexibility index (Phi) is 3.88. The van der Waals surface area contributed by atoms with E-state index in [-0.39, 0.29) is 16.8 Å². The van der Waals surface area contributed by atoms with Gasteiger partial charge in [0.2, 0.25) is 0 Å². The number of benzene rings is 1. The predicted octanol–water partition coefficient (Wildman–Crippen LogP) is 3.91. The van der Waals surface area contributed by atoms with Crippen molar-refractivity contribution in [2.75, 3.05) is 4.90 Å². The van der Waals surface area contributed by atoms with Gasteiger partial charge in [0.1, 0.15) is 11.5 Å². The Hall–Kier alpha value is -1.57. The molecular formula is C14H8BrFN2OS2. The summed E-state index contributed by atoms with van der Waals surface area (Å²) in [5.74, 6) is -0.611. The van der Waals surface area contributed by atoms with E-state index in [2.05, 4.69) is 21.2 Å². The van der Waals surface area contributed by atoms with Crippen LogP contribution in [0.25, 0.3) is 6.08 Å². The lowest BCUT2D eigenvalue weighted by Gasteiger charge is -2.13. The van der Waals surface area contributed by atoms with E-state index < -0.39 is 0 Å². The van der Waals surface area contributed by atoms with Crippen LogP contribution in [0.5, 0.6) is 0 Å². The first-order chi connectivity index (χ1) is 10.0. The third-order valence-corrected chi connectivity index (χ3v) is 4.76. The molecule has 0 bridgehead atoms. The molecule has 0 radical (unpaired) electrons. The molecule has 1 aliphatic heterocycles. The van der Waals surface area contributed by atoms with Gasteiger partial charge in [-0.25, -0.2) is 4.39 Å². The standard InChI is InChI=1S/C14H8BrFN2OS2/c15-8-5-11(21-7-8)6-12-13(19)18(14(20)17-12)10-3-1-9(16)2-4-10/h1-7H,(H,17,20)/b12-6+. The zero-order valence-corrected chi connectivity index (χ0v) is 13.7. The molecule has 1 aromatic heterocycles. The lowest BCUT2D eigenvalue weighted by Crippen LogP contribution is -2.30. The zero-order valence-electron chi connectivity index (χ0n) is 10.5. The Morgan fingerprint density at radius 3 is 2.67 bits per heavy atom. The first kappa shape index (κ1) is 14.4. The number of hydrogen-bond acceptors (Lipinski definition) is 3. The maximum atomic E-state index is 13.0. The lowest BCUT2D eigenvalue weighted by atomic mass is 10.2. The van der Waals surface area contributed by atoms with Gasteiger partial charge in [0, 0.05) is 14.7 Å². The van der Waals surface area contributed by atoms with Crippen LogP contribution in [-0.2, 0) is 4.79 Å². The zero-order chi connectivity index (χ0) is 15.0. The van der Waals surface area contributed by atoms with Crippen molar-refractivity contribution in [3.63, 3.8) is 0 Å². The lowest BCUT2D eigenvalue weighted by molar-refractivity contribution is -0.113. The summed E-state index contributed by atoms with van der Waals surface area (Å²) >= 11 is 10.1. The molecule has 3 nitrogen and oxygen atoms in total. The third-order valence-electron chi connectivity index (χ3n) is 2.84. The van der Waals surface area contributed by atoms with Crippen LogP contribution in [0.2, 0.25) is 0 Å². The second kappa shape index (κ2) is 5.67. The van der Waals surface area contributed by atoms with E-state index >= 15 is 0 Å². The molecule has 1 aromatic carbocycles. The number of halogens is 2. The summed E-state index contributed by atoms with van der Waals surface area (Å²) in [5.41, 5.74) is 0.938. The second-order valence-corrected chi connectivity index (χ2v) is 6.52. The van der Waals surface area contributed by atoms with Gasteiger partial charge in [-0.05, 0) is 64.6 Å². The number of hydrogen-bond donors (Lipinski definition) is 1. The smallest absolute Gasteiger partial charge is 0.281 e. The van der Waals surface area contributed by atoms with Gasteiger partial charge in [-0.2, -0.15) is 0 Å². The highest BCUT2D eigenvalue weighted by Crippen LogP contribution is 2.25. The molecule has 1 saturated heterocycles. The SMILES string of the molecule is O=C1/C(=C\c2cc(Br)cs2)NC(=S)N1c1ccc(F)cc1. The first-order valence-corrected chi connectivity index (χ1v) is 7.99. The number of rotatable bonds is 2. The van der Waals surface area contributed by atoms with E-state index in [4.69, 9.17) is 12.2 Å². The summed E-state index contributed by atoms with van der Waals surface area (Å²) in [6.07, 6.45) is 1.74. The molecular weight excluding hydrogens is 375 g/mol. The normalized spacial score (nSPS) is 16.7. The Morgan fingerprint density at radius 1 is 1.33 bits per heavy atom. The fraction of sp³-hybridized carbons (Fsp3) is 0. The maximum Gasteiger partial charge on any atom is 0.281 e. The number of thiophene rings is 1. The molecule has 1 N–H and O–H groups in total. The summed E-state index contributed by atoms with van der Waals surface area (Å²) < 4.78 is 13.9. The Morgan fingerprint density at radius 2 is 2.05 bits per heavy atom. The molecule has 21 heavy (non-hydrogen) atoms. The van der Waals surface area contributed by atoms with Gasteiger partial charge in [0.15, 0.2) is 5.11 Å². The van der Waals surface area contributed by atoms with Crippen molar-refractivity contribution in [3.05, 3.63) is 56.6 Å². The van der Waals surface area contributed by atoms with Gasteiger partial charge in [0.05, 0.1) is 5.69 Å². The van der Waals surface area contributed by atoms with E-state index in [9.17, 15) is 9.18 Å².